The molecular formula is C15H16N2O4. The summed E-state index contributed by atoms with van der Waals surface area (Å²) in [6.07, 6.45) is 1.65. The van der Waals surface area contributed by atoms with Crippen molar-refractivity contribution >= 4 is 11.7 Å². The lowest BCUT2D eigenvalue weighted by Crippen LogP contribution is -2.29. The van der Waals surface area contributed by atoms with Gasteiger partial charge in [-0.2, -0.15) is 0 Å². The Morgan fingerprint density at radius 2 is 2.10 bits per heavy atom. The zero-order valence-corrected chi connectivity index (χ0v) is 11.6. The minimum absolute atomic E-state index is 0.0778. The minimum atomic E-state index is -0.319. The van der Waals surface area contributed by atoms with Gasteiger partial charge in [0.15, 0.2) is 12.6 Å². The van der Waals surface area contributed by atoms with Crippen LogP contribution >= 0.6 is 0 Å². The second-order valence-electron chi connectivity index (χ2n) is 4.27. The molecule has 110 valence electrons. The van der Waals surface area contributed by atoms with Crippen molar-refractivity contribution in [3.05, 3.63) is 53.9 Å². The molecule has 0 aliphatic heterocycles. The van der Waals surface area contributed by atoms with Crippen molar-refractivity contribution in [3.63, 3.8) is 0 Å². The first-order chi connectivity index (χ1) is 10.2. The molecule has 0 fully saturated rings. The number of hydrogen-bond donors (Lipinski definition) is 2. The fraction of sp³-hybridized carbons (Fsp3) is 0.200. The minimum Gasteiger partial charge on any atom is -0.468 e. The third-order valence-electron chi connectivity index (χ3n) is 2.75. The van der Waals surface area contributed by atoms with Gasteiger partial charge in [-0.05, 0) is 24.3 Å². The molecule has 0 saturated heterocycles. The number of H-pyrrole nitrogens is 1. The second kappa shape index (κ2) is 7.25. The van der Waals surface area contributed by atoms with Gasteiger partial charge in [-0.1, -0.05) is 12.1 Å². The number of nitrogens with one attached hydrogen (secondary N) is 2. The summed E-state index contributed by atoms with van der Waals surface area (Å²) in [6, 6.07) is 10.1. The lowest BCUT2D eigenvalue weighted by atomic mass is 10.1. The number of rotatable bonds is 7. The van der Waals surface area contributed by atoms with Crippen LogP contribution in [0.15, 0.2) is 42.6 Å². The molecular weight excluding hydrogens is 272 g/mol. The molecule has 1 aromatic heterocycles. The lowest BCUT2D eigenvalue weighted by Gasteiger charge is -2.07. The third kappa shape index (κ3) is 4.19. The zero-order valence-electron chi connectivity index (χ0n) is 11.6. The Hall–Kier alpha value is -2.60. The van der Waals surface area contributed by atoms with E-state index in [-0.39, 0.29) is 25.0 Å². The van der Waals surface area contributed by atoms with Gasteiger partial charge in [-0.3, -0.25) is 9.59 Å². The van der Waals surface area contributed by atoms with Crippen LogP contribution in [0.5, 0.6) is 5.75 Å². The number of aromatic amines is 1. The number of Topliss-reactive ketones (excluding diaryl/α,β-unsaturated/α-hetero) is 1. The normalized spacial score (nSPS) is 10.1. The Kier molecular flexibility index (Phi) is 5.11. The van der Waals surface area contributed by atoms with E-state index in [1.165, 1.54) is 7.11 Å². The number of methoxy groups -OCH3 is 1. The number of hydrogen-bond acceptors (Lipinski definition) is 4. The summed E-state index contributed by atoms with van der Waals surface area (Å²) in [5, 5.41) is 2.56. The number of ether oxygens (including phenoxy) is 2. The summed E-state index contributed by atoms with van der Waals surface area (Å²) in [5.74, 6) is 0.0244. The Balaban J connectivity index is 1.92. The summed E-state index contributed by atoms with van der Waals surface area (Å²) in [7, 11) is 1.52. The Bertz CT molecular complexity index is 608. The van der Waals surface area contributed by atoms with Crippen molar-refractivity contribution in [3.8, 4) is 5.75 Å². The number of amides is 1. The monoisotopic (exact) mass is 288 g/mol. The summed E-state index contributed by atoms with van der Waals surface area (Å²) in [4.78, 5) is 26.5. The molecule has 0 radical (unpaired) electrons. The van der Waals surface area contributed by atoms with Crippen molar-refractivity contribution in [2.24, 2.45) is 0 Å². The first-order valence-electron chi connectivity index (χ1n) is 6.37. The summed E-state index contributed by atoms with van der Waals surface area (Å²) in [6.45, 7) is 0.0345. The van der Waals surface area contributed by atoms with Crippen molar-refractivity contribution < 1.29 is 19.1 Å². The largest absolute Gasteiger partial charge is 0.468 e. The second-order valence-corrected chi connectivity index (χ2v) is 4.27. The highest BCUT2D eigenvalue weighted by atomic mass is 16.7. The van der Waals surface area contributed by atoms with Crippen molar-refractivity contribution in [2.75, 3.05) is 20.4 Å². The number of aromatic nitrogens is 1. The van der Waals surface area contributed by atoms with Crippen LogP contribution in [0, 0.1) is 0 Å². The van der Waals surface area contributed by atoms with E-state index in [4.69, 9.17) is 9.47 Å². The first-order valence-corrected chi connectivity index (χ1v) is 6.37. The molecule has 0 atom stereocenters. The third-order valence-corrected chi connectivity index (χ3v) is 2.75. The molecule has 21 heavy (non-hydrogen) atoms. The molecule has 6 nitrogen and oxygen atoms in total. The van der Waals surface area contributed by atoms with Crippen molar-refractivity contribution in [1.29, 1.82) is 0 Å². The SMILES string of the molecule is COCOc1cccc(C(=O)CNC(=O)c2ccc[nH]2)c1. The van der Waals surface area contributed by atoms with E-state index < -0.39 is 0 Å². The highest BCUT2D eigenvalue weighted by Gasteiger charge is 2.10. The molecule has 2 N–H and O–H groups in total. The van der Waals surface area contributed by atoms with Crippen LogP contribution in [0.3, 0.4) is 0 Å². The van der Waals surface area contributed by atoms with Gasteiger partial charge < -0.3 is 19.8 Å². The van der Waals surface area contributed by atoms with Crippen LogP contribution in [-0.2, 0) is 4.74 Å². The van der Waals surface area contributed by atoms with Gasteiger partial charge >= 0.3 is 0 Å². The molecule has 2 rings (SSSR count). The average molecular weight is 288 g/mol. The fourth-order valence-corrected chi connectivity index (χ4v) is 1.72. The predicted octanol–water partition coefficient (Wildman–Crippen LogP) is 1.61. The maximum absolute atomic E-state index is 12.0. The van der Waals surface area contributed by atoms with E-state index in [0.717, 1.165) is 0 Å². The van der Waals surface area contributed by atoms with E-state index in [0.29, 0.717) is 17.0 Å². The molecule has 0 spiro atoms. The summed E-state index contributed by atoms with van der Waals surface area (Å²) >= 11 is 0. The van der Waals surface area contributed by atoms with E-state index in [2.05, 4.69) is 10.3 Å². The first kappa shape index (κ1) is 14.8. The van der Waals surface area contributed by atoms with Gasteiger partial charge in [0.2, 0.25) is 0 Å². The molecule has 0 bridgehead atoms. The molecule has 0 unspecified atom stereocenters. The zero-order chi connectivity index (χ0) is 15.1. The maximum Gasteiger partial charge on any atom is 0.268 e. The molecule has 6 heteroatoms. The van der Waals surface area contributed by atoms with E-state index in [1.807, 2.05) is 0 Å². The molecule has 1 heterocycles. The summed E-state index contributed by atoms with van der Waals surface area (Å²) < 4.78 is 10.1. The molecule has 1 amide bonds. The van der Waals surface area contributed by atoms with Gasteiger partial charge in [0.1, 0.15) is 11.4 Å². The molecule has 0 aliphatic rings. The van der Waals surface area contributed by atoms with Crippen LogP contribution < -0.4 is 10.1 Å². The standard InChI is InChI=1S/C15H16N2O4/c1-20-10-21-12-5-2-4-11(8-12)14(18)9-17-15(19)13-6-3-7-16-13/h2-8,16H,9-10H2,1H3,(H,17,19). The quantitative estimate of drug-likeness (QED) is 0.599. The molecule has 0 saturated carbocycles. The Morgan fingerprint density at radius 1 is 1.24 bits per heavy atom. The van der Waals surface area contributed by atoms with E-state index in [9.17, 15) is 9.59 Å². The predicted molar refractivity (Wildman–Crippen MR) is 76.4 cm³/mol. The highest BCUT2D eigenvalue weighted by molar-refractivity contribution is 6.01. The number of carbonyl (C=O) groups is 2. The van der Waals surface area contributed by atoms with Crippen molar-refractivity contribution in [2.45, 2.75) is 0 Å². The van der Waals surface area contributed by atoms with E-state index >= 15 is 0 Å². The Morgan fingerprint density at radius 3 is 2.81 bits per heavy atom. The number of carbonyl (C=O) groups excluding carboxylic acids is 2. The van der Waals surface area contributed by atoms with Gasteiger partial charge in [-0.25, -0.2) is 0 Å². The van der Waals surface area contributed by atoms with E-state index in [1.54, 1.807) is 42.6 Å². The Labute approximate surface area is 122 Å². The van der Waals surface area contributed by atoms with Crippen LogP contribution in [0.4, 0.5) is 0 Å². The molecule has 1 aromatic carbocycles. The van der Waals surface area contributed by atoms with Gasteiger partial charge in [0.25, 0.3) is 5.91 Å². The smallest absolute Gasteiger partial charge is 0.268 e. The maximum atomic E-state index is 12.0. The summed E-state index contributed by atoms with van der Waals surface area (Å²) in [5.41, 5.74) is 0.885. The highest BCUT2D eigenvalue weighted by Crippen LogP contribution is 2.13. The van der Waals surface area contributed by atoms with Gasteiger partial charge in [-0.15, -0.1) is 0 Å². The van der Waals surface area contributed by atoms with Gasteiger partial charge in [0.05, 0.1) is 6.54 Å². The lowest BCUT2D eigenvalue weighted by molar-refractivity contribution is 0.0510. The topological polar surface area (TPSA) is 80.4 Å². The van der Waals surface area contributed by atoms with Crippen LogP contribution in [0.25, 0.3) is 0 Å². The van der Waals surface area contributed by atoms with Crippen molar-refractivity contribution in [1.82, 2.24) is 10.3 Å². The van der Waals surface area contributed by atoms with Crippen LogP contribution in [0.2, 0.25) is 0 Å². The van der Waals surface area contributed by atoms with Crippen LogP contribution in [0.1, 0.15) is 20.8 Å². The average Bonchev–Trinajstić information content (AvgIpc) is 3.05. The van der Waals surface area contributed by atoms with Crippen LogP contribution in [-0.4, -0.2) is 37.1 Å². The number of benzene rings is 1. The molecule has 2 aromatic rings. The number of ketones is 1. The fourth-order valence-electron chi connectivity index (χ4n) is 1.72. The van der Waals surface area contributed by atoms with Gasteiger partial charge in [0, 0.05) is 18.9 Å². The molecule has 0 aliphatic carbocycles.